The van der Waals surface area contributed by atoms with E-state index < -0.39 is 0 Å². The maximum absolute atomic E-state index is 12.8. The fourth-order valence-corrected chi connectivity index (χ4v) is 4.15. The largest absolute Gasteiger partial charge is 0.369 e. The fourth-order valence-electron chi connectivity index (χ4n) is 4.15. The van der Waals surface area contributed by atoms with Gasteiger partial charge in [-0.2, -0.15) is 0 Å². The molecule has 0 spiro atoms. The van der Waals surface area contributed by atoms with Crippen LogP contribution in [0.3, 0.4) is 0 Å². The van der Waals surface area contributed by atoms with Gasteiger partial charge in [-0.15, -0.1) is 0 Å². The summed E-state index contributed by atoms with van der Waals surface area (Å²) >= 11 is 0. The molecule has 2 amide bonds. The lowest BCUT2D eigenvalue weighted by Crippen LogP contribution is -2.47. The van der Waals surface area contributed by atoms with Gasteiger partial charge in [-0.25, -0.2) is 0 Å². The summed E-state index contributed by atoms with van der Waals surface area (Å²) in [4.78, 5) is 31.7. The number of piperazine rings is 1. The topological polar surface area (TPSA) is 55.9 Å². The van der Waals surface area contributed by atoms with Crippen molar-refractivity contribution in [2.75, 3.05) is 56.1 Å². The highest BCUT2D eigenvalue weighted by Crippen LogP contribution is 2.33. The highest BCUT2D eigenvalue weighted by Gasteiger charge is 2.33. The van der Waals surface area contributed by atoms with Crippen molar-refractivity contribution in [3.05, 3.63) is 60.2 Å². The zero-order valence-electron chi connectivity index (χ0n) is 18.3. The monoisotopic (exact) mass is 420 g/mol. The third kappa shape index (κ3) is 5.44. The van der Waals surface area contributed by atoms with Gasteiger partial charge in [-0.1, -0.05) is 30.3 Å². The molecule has 1 aliphatic carbocycles. The molecule has 2 aromatic carbocycles. The number of amides is 2. The Bertz CT molecular complexity index is 889. The van der Waals surface area contributed by atoms with E-state index in [4.69, 9.17) is 0 Å². The first-order valence-corrected chi connectivity index (χ1v) is 11.3. The predicted octanol–water partition coefficient (Wildman–Crippen LogP) is 3.00. The molecule has 4 rings (SSSR count). The maximum atomic E-state index is 12.8. The standard InChI is InChI=1S/C25H32N4O2/c1-27(25(31)20-12-13-20)23-11-6-5-10-22(23)24(30)26-14-7-15-28-16-18-29(19-17-28)21-8-3-2-4-9-21/h2-6,8-11,20H,7,12-19H2,1H3,(H,26,30). The Morgan fingerprint density at radius 2 is 1.65 bits per heavy atom. The predicted molar refractivity (Wildman–Crippen MR) is 125 cm³/mol. The van der Waals surface area contributed by atoms with E-state index >= 15 is 0 Å². The Labute approximate surface area is 184 Å². The number of hydrogen-bond donors (Lipinski definition) is 1. The van der Waals surface area contributed by atoms with Crippen LogP contribution in [0.15, 0.2) is 54.6 Å². The lowest BCUT2D eigenvalue weighted by molar-refractivity contribution is -0.119. The zero-order chi connectivity index (χ0) is 21.6. The van der Waals surface area contributed by atoms with Gasteiger partial charge >= 0.3 is 0 Å². The number of para-hydroxylation sites is 2. The molecular weight excluding hydrogens is 388 g/mol. The summed E-state index contributed by atoms with van der Waals surface area (Å²) in [6.45, 7) is 5.76. The van der Waals surface area contributed by atoms with Gasteiger partial charge in [-0.05, 0) is 50.1 Å². The zero-order valence-corrected chi connectivity index (χ0v) is 18.3. The van der Waals surface area contributed by atoms with E-state index in [1.807, 2.05) is 18.2 Å². The third-order valence-electron chi connectivity index (χ3n) is 6.20. The first-order valence-electron chi connectivity index (χ1n) is 11.3. The molecule has 164 valence electrons. The number of anilines is 2. The summed E-state index contributed by atoms with van der Waals surface area (Å²) in [5.74, 6) is 0.123. The second kappa shape index (κ2) is 9.96. The van der Waals surface area contributed by atoms with Gasteiger partial charge in [0.05, 0.1) is 11.3 Å². The molecule has 1 aliphatic heterocycles. The van der Waals surface area contributed by atoms with Crippen molar-refractivity contribution in [2.45, 2.75) is 19.3 Å². The molecule has 2 aliphatic rings. The van der Waals surface area contributed by atoms with E-state index in [0.29, 0.717) is 17.8 Å². The molecule has 0 bridgehead atoms. The smallest absolute Gasteiger partial charge is 0.253 e. The van der Waals surface area contributed by atoms with Crippen LogP contribution in [0.2, 0.25) is 0 Å². The van der Waals surface area contributed by atoms with Crippen LogP contribution in [-0.4, -0.2) is 63.0 Å². The molecular formula is C25H32N4O2. The van der Waals surface area contributed by atoms with Crippen molar-refractivity contribution in [3.63, 3.8) is 0 Å². The van der Waals surface area contributed by atoms with Crippen LogP contribution >= 0.6 is 0 Å². The fraction of sp³-hybridized carbons (Fsp3) is 0.440. The van der Waals surface area contributed by atoms with Crippen molar-refractivity contribution in [2.24, 2.45) is 5.92 Å². The van der Waals surface area contributed by atoms with Gasteiger partial charge in [0.1, 0.15) is 0 Å². The Kier molecular flexibility index (Phi) is 6.87. The molecule has 1 saturated heterocycles. The molecule has 0 aromatic heterocycles. The molecule has 6 heteroatoms. The second-order valence-corrected chi connectivity index (χ2v) is 8.46. The van der Waals surface area contributed by atoms with Crippen LogP contribution in [0.5, 0.6) is 0 Å². The summed E-state index contributed by atoms with van der Waals surface area (Å²) in [5.41, 5.74) is 2.54. The number of rotatable bonds is 8. The van der Waals surface area contributed by atoms with E-state index in [1.54, 1.807) is 18.0 Å². The molecule has 1 saturated carbocycles. The molecule has 0 unspecified atom stereocenters. The number of nitrogens with one attached hydrogen (secondary N) is 1. The first kappa shape index (κ1) is 21.4. The van der Waals surface area contributed by atoms with E-state index in [9.17, 15) is 9.59 Å². The highest BCUT2D eigenvalue weighted by atomic mass is 16.2. The lowest BCUT2D eigenvalue weighted by Gasteiger charge is -2.36. The summed E-state index contributed by atoms with van der Waals surface area (Å²) in [7, 11) is 1.77. The van der Waals surface area contributed by atoms with E-state index in [-0.39, 0.29) is 17.7 Å². The summed E-state index contributed by atoms with van der Waals surface area (Å²) in [6, 6.07) is 17.9. The van der Waals surface area contributed by atoms with Gasteiger partial charge < -0.3 is 15.1 Å². The minimum absolute atomic E-state index is 0.106. The molecule has 0 atom stereocenters. The minimum atomic E-state index is -0.111. The van der Waals surface area contributed by atoms with Crippen molar-refractivity contribution in [1.82, 2.24) is 10.2 Å². The minimum Gasteiger partial charge on any atom is -0.369 e. The summed E-state index contributed by atoms with van der Waals surface area (Å²) in [6.07, 6.45) is 2.82. The van der Waals surface area contributed by atoms with Gasteiger partial charge in [0.25, 0.3) is 5.91 Å². The third-order valence-corrected chi connectivity index (χ3v) is 6.20. The van der Waals surface area contributed by atoms with Crippen LogP contribution in [-0.2, 0) is 4.79 Å². The van der Waals surface area contributed by atoms with Crippen LogP contribution in [0.1, 0.15) is 29.6 Å². The number of benzene rings is 2. The molecule has 2 aromatic rings. The Hall–Kier alpha value is -2.86. The maximum Gasteiger partial charge on any atom is 0.253 e. The van der Waals surface area contributed by atoms with Crippen molar-refractivity contribution in [3.8, 4) is 0 Å². The highest BCUT2D eigenvalue weighted by molar-refractivity contribution is 6.05. The average Bonchev–Trinajstić information content (AvgIpc) is 3.67. The number of carbonyl (C=O) groups is 2. The van der Waals surface area contributed by atoms with Crippen LogP contribution < -0.4 is 15.1 Å². The molecule has 1 N–H and O–H groups in total. The van der Waals surface area contributed by atoms with E-state index in [0.717, 1.165) is 52.0 Å². The van der Waals surface area contributed by atoms with Gasteiger partial charge in [0.2, 0.25) is 5.91 Å². The molecule has 0 radical (unpaired) electrons. The van der Waals surface area contributed by atoms with Crippen LogP contribution in [0, 0.1) is 5.92 Å². The Balaban J connectivity index is 1.21. The van der Waals surface area contributed by atoms with Crippen molar-refractivity contribution in [1.29, 1.82) is 0 Å². The Morgan fingerprint density at radius 3 is 2.35 bits per heavy atom. The summed E-state index contributed by atoms with van der Waals surface area (Å²) < 4.78 is 0. The molecule has 31 heavy (non-hydrogen) atoms. The average molecular weight is 421 g/mol. The number of carbonyl (C=O) groups excluding carboxylic acids is 2. The number of nitrogens with zero attached hydrogens (tertiary/aromatic N) is 3. The molecule has 2 fully saturated rings. The van der Waals surface area contributed by atoms with E-state index in [2.05, 4.69) is 45.4 Å². The second-order valence-electron chi connectivity index (χ2n) is 8.46. The van der Waals surface area contributed by atoms with Crippen molar-refractivity contribution < 1.29 is 9.59 Å². The SMILES string of the molecule is CN(C(=O)C1CC1)c1ccccc1C(=O)NCCCN1CCN(c2ccccc2)CC1. The number of hydrogen-bond acceptors (Lipinski definition) is 4. The van der Waals surface area contributed by atoms with Gasteiger partial charge in [0, 0.05) is 51.4 Å². The lowest BCUT2D eigenvalue weighted by atomic mass is 10.1. The van der Waals surface area contributed by atoms with E-state index in [1.165, 1.54) is 5.69 Å². The van der Waals surface area contributed by atoms with Crippen molar-refractivity contribution >= 4 is 23.2 Å². The van der Waals surface area contributed by atoms with Crippen LogP contribution in [0.4, 0.5) is 11.4 Å². The van der Waals surface area contributed by atoms with Gasteiger partial charge in [-0.3, -0.25) is 14.5 Å². The van der Waals surface area contributed by atoms with Crippen LogP contribution in [0.25, 0.3) is 0 Å². The first-order chi connectivity index (χ1) is 15.1. The quantitative estimate of drug-likeness (QED) is 0.667. The van der Waals surface area contributed by atoms with Gasteiger partial charge in [0.15, 0.2) is 0 Å². The molecule has 6 nitrogen and oxygen atoms in total. The Morgan fingerprint density at radius 1 is 0.968 bits per heavy atom. The summed E-state index contributed by atoms with van der Waals surface area (Å²) in [5, 5.41) is 3.04. The molecule has 1 heterocycles. The normalized spacial score (nSPS) is 16.7.